The molecule has 108 valence electrons. The van der Waals surface area contributed by atoms with Crippen LogP contribution in [0.1, 0.15) is 21.7 Å². The van der Waals surface area contributed by atoms with Crippen LogP contribution < -0.4 is 10.1 Å². The summed E-state index contributed by atoms with van der Waals surface area (Å²) in [6, 6.07) is 13.0. The smallest absolute Gasteiger partial charge is 0.354 e. The van der Waals surface area contributed by atoms with Crippen molar-refractivity contribution in [1.82, 2.24) is 10.3 Å². The minimum absolute atomic E-state index is 0.0684. The summed E-state index contributed by atoms with van der Waals surface area (Å²) >= 11 is 0. The molecule has 2 heterocycles. The lowest BCUT2D eigenvalue weighted by molar-refractivity contribution is 0.0690. The number of aromatic nitrogens is 1. The van der Waals surface area contributed by atoms with Crippen LogP contribution in [-0.4, -0.2) is 28.7 Å². The van der Waals surface area contributed by atoms with Crippen molar-refractivity contribution in [3.05, 3.63) is 59.4 Å². The summed E-state index contributed by atoms with van der Waals surface area (Å²) in [6.45, 7) is 1.23. The molecule has 1 atom stereocenters. The van der Waals surface area contributed by atoms with Gasteiger partial charge in [0.1, 0.15) is 17.5 Å². The molecule has 1 unspecified atom stereocenters. The molecule has 1 aliphatic heterocycles. The Morgan fingerprint density at radius 1 is 1.29 bits per heavy atom. The second-order valence-electron chi connectivity index (χ2n) is 5.00. The summed E-state index contributed by atoms with van der Waals surface area (Å²) in [5, 5.41) is 12.2. The molecule has 1 aliphatic rings. The van der Waals surface area contributed by atoms with Gasteiger partial charge in [0, 0.05) is 19.5 Å². The van der Waals surface area contributed by atoms with Gasteiger partial charge in [0.05, 0.1) is 5.69 Å². The number of carboxylic acid groups (broad SMARTS) is 1. The molecular formula is C16H16N2O3. The van der Waals surface area contributed by atoms with Crippen molar-refractivity contribution < 1.29 is 14.6 Å². The number of hydrogen-bond acceptors (Lipinski definition) is 4. The number of nitrogens with zero attached hydrogens (tertiary/aromatic N) is 1. The molecule has 0 saturated heterocycles. The lowest BCUT2D eigenvalue weighted by Gasteiger charge is -2.11. The molecule has 0 aliphatic carbocycles. The Hall–Kier alpha value is -2.40. The van der Waals surface area contributed by atoms with E-state index in [-0.39, 0.29) is 11.8 Å². The minimum atomic E-state index is -1.01. The Kier molecular flexibility index (Phi) is 3.83. The van der Waals surface area contributed by atoms with Gasteiger partial charge in [-0.05, 0) is 23.8 Å². The molecule has 0 spiro atoms. The fraction of sp³-hybridized carbons (Fsp3) is 0.250. The maximum atomic E-state index is 10.9. The maximum Gasteiger partial charge on any atom is 0.354 e. The van der Waals surface area contributed by atoms with Crippen LogP contribution in [0.15, 0.2) is 42.5 Å². The molecule has 2 N–H and O–H groups in total. The van der Waals surface area contributed by atoms with Crippen LogP contribution in [0.25, 0.3) is 0 Å². The number of para-hydroxylation sites is 1. The monoisotopic (exact) mass is 284 g/mol. The van der Waals surface area contributed by atoms with Gasteiger partial charge in [-0.3, -0.25) is 0 Å². The first-order valence-corrected chi connectivity index (χ1v) is 6.87. The first-order valence-electron chi connectivity index (χ1n) is 6.87. The van der Waals surface area contributed by atoms with Gasteiger partial charge in [-0.15, -0.1) is 0 Å². The van der Waals surface area contributed by atoms with E-state index in [1.165, 1.54) is 11.6 Å². The van der Waals surface area contributed by atoms with E-state index >= 15 is 0 Å². The molecule has 0 bridgehead atoms. The molecule has 1 aromatic heterocycles. The molecule has 0 saturated carbocycles. The van der Waals surface area contributed by atoms with Crippen molar-refractivity contribution in [3.63, 3.8) is 0 Å². The van der Waals surface area contributed by atoms with Crippen molar-refractivity contribution in [1.29, 1.82) is 0 Å². The molecule has 5 nitrogen and oxygen atoms in total. The second-order valence-corrected chi connectivity index (χ2v) is 5.00. The van der Waals surface area contributed by atoms with Gasteiger partial charge >= 0.3 is 5.97 Å². The van der Waals surface area contributed by atoms with Gasteiger partial charge in [-0.1, -0.05) is 24.3 Å². The summed E-state index contributed by atoms with van der Waals surface area (Å²) in [7, 11) is 0. The quantitative estimate of drug-likeness (QED) is 0.877. The zero-order chi connectivity index (χ0) is 14.7. The molecule has 2 aromatic rings. The van der Waals surface area contributed by atoms with E-state index in [4.69, 9.17) is 9.84 Å². The third-order valence-electron chi connectivity index (χ3n) is 3.42. The van der Waals surface area contributed by atoms with E-state index in [1.54, 1.807) is 6.07 Å². The summed E-state index contributed by atoms with van der Waals surface area (Å²) in [5.74, 6) is -0.0540. The summed E-state index contributed by atoms with van der Waals surface area (Å²) in [4.78, 5) is 14.9. The van der Waals surface area contributed by atoms with Crippen LogP contribution in [0.4, 0.5) is 0 Å². The number of ether oxygens (including phenoxy) is 1. The number of hydrogen-bond donors (Lipinski definition) is 2. The topological polar surface area (TPSA) is 71.5 Å². The van der Waals surface area contributed by atoms with Crippen LogP contribution >= 0.6 is 0 Å². The third kappa shape index (κ3) is 3.20. The molecule has 3 rings (SSSR count). The highest BCUT2D eigenvalue weighted by Crippen LogP contribution is 2.27. The molecular weight excluding hydrogens is 268 g/mol. The predicted molar refractivity (Wildman–Crippen MR) is 77.5 cm³/mol. The maximum absolute atomic E-state index is 10.9. The number of carbonyl (C=O) groups is 1. The van der Waals surface area contributed by atoms with Crippen molar-refractivity contribution >= 4 is 5.97 Å². The van der Waals surface area contributed by atoms with Crippen molar-refractivity contribution in [2.45, 2.75) is 19.1 Å². The lowest BCUT2D eigenvalue weighted by atomic mass is 10.1. The highest BCUT2D eigenvalue weighted by Gasteiger charge is 2.21. The number of nitrogens with one attached hydrogen (secondary N) is 1. The molecule has 0 fully saturated rings. The number of carboxylic acids is 1. The summed E-state index contributed by atoms with van der Waals surface area (Å²) in [5.41, 5.74) is 2.01. The van der Waals surface area contributed by atoms with E-state index in [0.29, 0.717) is 18.8 Å². The predicted octanol–water partition coefficient (Wildman–Crippen LogP) is 1.87. The Bertz CT molecular complexity index is 632. The largest absolute Gasteiger partial charge is 0.488 e. The van der Waals surface area contributed by atoms with Gasteiger partial charge < -0.3 is 15.2 Å². The standard InChI is InChI=1S/C16H16N2O3/c19-16(20)14-6-3-5-12(18-14)9-17-10-13-8-11-4-1-2-7-15(11)21-13/h1-7,13,17H,8-10H2,(H,19,20). The number of aromatic carboxylic acids is 1. The molecule has 5 heteroatoms. The SMILES string of the molecule is O=C(O)c1cccc(CNCC2Cc3ccccc3O2)n1. The lowest BCUT2D eigenvalue weighted by Crippen LogP contribution is -2.30. The highest BCUT2D eigenvalue weighted by molar-refractivity contribution is 5.85. The molecule has 0 amide bonds. The zero-order valence-electron chi connectivity index (χ0n) is 11.5. The fourth-order valence-corrected chi connectivity index (χ4v) is 2.43. The van der Waals surface area contributed by atoms with Gasteiger partial charge in [-0.2, -0.15) is 0 Å². The first-order chi connectivity index (χ1) is 10.2. The van der Waals surface area contributed by atoms with E-state index in [0.717, 1.165) is 12.2 Å². The van der Waals surface area contributed by atoms with E-state index < -0.39 is 5.97 Å². The zero-order valence-corrected chi connectivity index (χ0v) is 11.5. The van der Waals surface area contributed by atoms with Crippen molar-refractivity contribution in [3.8, 4) is 5.75 Å². The van der Waals surface area contributed by atoms with Crippen LogP contribution in [0, 0.1) is 0 Å². The minimum Gasteiger partial charge on any atom is -0.488 e. The van der Waals surface area contributed by atoms with Crippen LogP contribution in [-0.2, 0) is 13.0 Å². The third-order valence-corrected chi connectivity index (χ3v) is 3.42. The summed E-state index contributed by atoms with van der Waals surface area (Å²) in [6.07, 6.45) is 1.01. The van der Waals surface area contributed by atoms with Crippen LogP contribution in [0.3, 0.4) is 0 Å². The van der Waals surface area contributed by atoms with Gasteiger partial charge in [-0.25, -0.2) is 9.78 Å². The average molecular weight is 284 g/mol. The van der Waals surface area contributed by atoms with Crippen LogP contribution in [0.5, 0.6) is 5.75 Å². The van der Waals surface area contributed by atoms with E-state index in [2.05, 4.69) is 16.4 Å². The van der Waals surface area contributed by atoms with Gasteiger partial charge in [0.15, 0.2) is 0 Å². The van der Waals surface area contributed by atoms with Crippen molar-refractivity contribution in [2.75, 3.05) is 6.54 Å². The average Bonchev–Trinajstić information content (AvgIpc) is 2.90. The normalized spacial score (nSPS) is 16.3. The number of benzene rings is 1. The number of pyridine rings is 1. The van der Waals surface area contributed by atoms with Gasteiger partial charge in [0.25, 0.3) is 0 Å². The highest BCUT2D eigenvalue weighted by atomic mass is 16.5. The van der Waals surface area contributed by atoms with E-state index in [9.17, 15) is 4.79 Å². The number of rotatable bonds is 5. The number of fused-ring (bicyclic) bond motifs is 1. The fourth-order valence-electron chi connectivity index (χ4n) is 2.43. The van der Waals surface area contributed by atoms with E-state index in [1.807, 2.05) is 24.3 Å². The Balaban J connectivity index is 1.51. The Morgan fingerprint density at radius 2 is 2.14 bits per heavy atom. The van der Waals surface area contributed by atoms with Gasteiger partial charge in [0.2, 0.25) is 0 Å². The molecule has 21 heavy (non-hydrogen) atoms. The molecule has 1 aromatic carbocycles. The van der Waals surface area contributed by atoms with Crippen LogP contribution in [0.2, 0.25) is 0 Å². The Labute approximate surface area is 122 Å². The summed E-state index contributed by atoms with van der Waals surface area (Å²) < 4.78 is 5.83. The first kappa shape index (κ1) is 13.6. The molecule has 0 radical (unpaired) electrons. The Morgan fingerprint density at radius 3 is 2.95 bits per heavy atom. The van der Waals surface area contributed by atoms with Crippen molar-refractivity contribution in [2.24, 2.45) is 0 Å². The second kappa shape index (κ2) is 5.93.